The Labute approximate surface area is 110 Å². The summed E-state index contributed by atoms with van der Waals surface area (Å²) < 4.78 is 5.50. The maximum atomic E-state index is 10.7. The van der Waals surface area contributed by atoms with Gasteiger partial charge in [-0.2, -0.15) is 0 Å². The topological polar surface area (TPSA) is 79.7 Å². The van der Waals surface area contributed by atoms with Crippen LogP contribution in [0.3, 0.4) is 0 Å². The van der Waals surface area contributed by atoms with Gasteiger partial charge in [0.05, 0.1) is 24.1 Å². The van der Waals surface area contributed by atoms with Crippen LogP contribution < -0.4 is 4.74 Å². The highest BCUT2D eigenvalue weighted by Gasteiger charge is 2.02. The summed E-state index contributed by atoms with van der Waals surface area (Å²) in [6.45, 7) is 0.233. The predicted molar refractivity (Wildman–Crippen MR) is 67.9 cm³/mol. The van der Waals surface area contributed by atoms with Gasteiger partial charge in [0, 0.05) is 0 Å². The molecule has 1 aromatic carbocycles. The van der Waals surface area contributed by atoms with E-state index in [0.717, 1.165) is 5.56 Å². The molecule has 5 heteroatoms. The number of hydrogen-bond acceptors (Lipinski definition) is 4. The summed E-state index contributed by atoms with van der Waals surface area (Å²) in [4.78, 5) is 14.7. The molecule has 0 atom stereocenters. The second-order valence-corrected chi connectivity index (χ2v) is 3.93. The number of benzene rings is 1. The van der Waals surface area contributed by atoms with Gasteiger partial charge in [0.25, 0.3) is 0 Å². The van der Waals surface area contributed by atoms with Crippen molar-refractivity contribution in [1.29, 1.82) is 0 Å². The SMILES string of the molecule is O=C(O)c1ccc(COc2ccc(CO)nc2)cc1. The zero-order chi connectivity index (χ0) is 13.7. The third-order valence-electron chi connectivity index (χ3n) is 2.57. The number of hydrogen-bond donors (Lipinski definition) is 2. The van der Waals surface area contributed by atoms with Crippen molar-refractivity contribution in [2.24, 2.45) is 0 Å². The first-order valence-electron chi connectivity index (χ1n) is 5.70. The summed E-state index contributed by atoms with van der Waals surface area (Å²) in [5, 5.41) is 17.6. The van der Waals surface area contributed by atoms with E-state index in [9.17, 15) is 4.79 Å². The minimum Gasteiger partial charge on any atom is -0.487 e. The molecule has 0 saturated heterocycles. The zero-order valence-electron chi connectivity index (χ0n) is 10.1. The molecule has 1 heterocycles. The van der Waals surface area contributed by atoms with E-state index in [1.54, 1.807) is 24.3 Å². The molecule has 98 valence electrons. The standard InChI is InChI=1S/C14H13NO4/c16-8-12-5-6-13(7-15-12)19-9-10-1-3-11(4-2-10)14(17)18/h1-7,16H,8-9H2,(H,17,18). The summed E-state index contributed by atoms with van der Waals surface area (Å²) in [6, 6.07) is 9.90. The molecule has 0 amide bonds. The molecule has 19 heavy (non-hydrogen) atoms. The normalized spacial score (nSPS) is 10.2. The van der Waals surface area contributed by atoms with Gasteiger partial charge in [0.1, 0.15) is 12.4 Å². The maximum Gasteiger partial charge on any atom is 0.335 e. The molecule has 0 aliphatic heterocycles. The van der Waals surface area contributed by atoms with Gasteiger partial charge in [-0.1, -0.05) is 12.1 Å². The first-order chi connectivity index (χ1) is 9.19. The smallest absolute Gasteiger partial charge is 0.335 e. The van der Waals surface area contributed by atoms with Crippen molar-refractivity contribution < 1.29 is 19.7 Å². The molecular weight excluding hydrogens is 246 g/mol. The van der Waals surface area contributed by atoms with E-state index in [2.05, 4.69) is 4.98 Å². The fraction of sp³-hybridized carbons (Fsp3) is 0.143. The zero-order valence-corrected chi connectivity index (χ0v) is 10.1. The van der Waals surface area contributed by atoms with E-state index in [1.807, 2.05) is 0 Å². The van der Waals surface area contributed by atoms with E-state index in [1.165, 1.54) is 18.3 Å². The average molecular weight is 259 g/mol. The Morgan fingerprint density at radius 1 is 1.16 bits per heavy atom. The number of aliphatic hydroxyl groups excluding tert-OH is 1. The number of carbonyl (C=O) groups is 1. The summed E-state index contributed by atoms with van der Waals surface area (Å²) >= 11 is 0. The Balaban J connectivity index is 1.95. The Morgan fingerprint density at radius 3 is 2.42 bits per heavy atom. The number of carboxylic acids is 1. The van der Waals surface area contributed by atoms with Crippen molar-refractivity contribution in [3.8, 4) is 5.75 Å². The Kier molecular flexibility index (Phi) is 4.10. The van der Waals surface area contributed by atoms with Crippen LogP contribution >= 0.6 is 0 Å². The van der Waals surface area contributed by atoms with Gasteiger partial charge in [-0.05, 0) is 29.8 Å². The van der Waals surface area contributed by atoms with Crippen LogP contribution in [0.2, 0.25) is 0 Å². The lowest BCUT2D eigenvalue weighted by atomic mass is 10.1. The molecule has 1 aromatic heterocycles. The fourth-order valence-corrected chi connectivity index (χ4v) is 1.50. The van der Waals surface area contributed by atoms with Crippen molar-refractivity contribution in [3.05, 3.63) is 59.4 Å². The minimum absolute atomic E-state index is 0.100. The van der Waals surface area contributed by atoms with Crippen LogP contribution in [0.25, 0.3) is 0 Å². The summed E-state index contributed by atoms with van der Waals surface area (Å²) in [5.74, 6) is -0.351. The Bertz CT molecular complexity index is 549. The van der Waals surface area contributed by atoms with Crippen LogP contribution in [0.4, 0.5) is 0 Å². The molecule has 0 radical (unpaired) electrons. The van der Waals surface area contributed by atoms with Gasteiger partial charge in [-0.3, -0.25) is 4.98 Å². The van der Waals surface area contributed by atoms with Gasteiger partial charge in [0.2, 0.25) is 0 Å². The number of aromatic carboxylic acids is 1. The molecular formula is C14H13NO4. The molecule has 0 aliphatic carbocycles. The third kappa shape index (κ3) is 3.53. The molecule has 0 unspecified atom stereocenters. The number of ether oxygens (including phenoxy) is 1. The van der Waals surface area contributed by atoms with Crippen LogP contribution in [0.1, 0.15) is 21.6 Å². The van der Waals surface area contributed by atoms with Crippen LogP contribution in [0.15, 0.2) is 42.6 Å². The van der Waals surface area contributed by atoms with Crippen LogP contribution in [0.5, 0.6) is 5.75 Å². The van der Waals surface area contributed by atoms with Gasteiger partial charge in [-0.25, -0.2) is 4.79 Å². The maximum absolute atomic E-state index is 10.7. The highest BCUT2D eigenvalue weighted by molar-refractivity contribution is 5.87. The second-order valence-electron chi connectivity index (χ2n) is 3.93. The molecule has 0 saturated carbocycles. The first kappa shape index (κ1) is 13.0. The van der Waals surface area contributed by atoms with Gasteiger partial charge in [0.15, 0.2) is 0 Å². The van der Waals surface area contributed by atoms with Crippen molar-refractivity contribution in [3.63, 3.8) is 0 Å². The molecule has 2 aromatic rings. The van der Waals surface area contributed by atoms with Crippen molar-refractivity contribution >= 4 is 5.97 Å². The van der Waals surface area contributed by atoms with Crippen LogP contribution in [0, 0.1) is 0 Å². The number of aliphatic hydroxyl groups is 1. The molecule has 0 bridgehead atoms. The van der Waals surface area contributed by atoms with E-state index in [4.69, 9.17) is 14.9 Å². The lowest BCUT2D eigenvalue weighted by Crippen LogP contribution is -1.99. The third-order valence-corrected chi connectivity index (χ3v) is 2.57. The van der Waals surface area contributed by atoms with E-state index in [0.29, 0.717) is 18.1 Å². The summed E-state index contributed by atoms with van der Waals surface area (Å²) in [5.41, 5.74) is 1.70. The largest absolute Gasteiger partial charge is 0.487 e. The number of carboxylic acid groups (broad SMARTS) is 1. The Morgan fingerprint density at radius 2 is 1.89 bits per heavy atom. The van der Waals surface area contributed by atoms with Crippen LogP contribution in [-0.2, 0) is 13.2 Å². The molecule has 2 rings (SSSR count). The van der Waals surface area contributed by atoms with Gasteiger partial charge in [-0.15, -0.1) is 0 Å². The number of nitrogens with zero attached hydrogens (tertiary/aromatic N) is 1. The lowest BCUT2D eigenvalue weighted by Gasteiger charge is -2.06. The number of pyridine rings is 1. The first-order valence-corrected chi connectivity index (χ1v) is 5.70. The Hall–Kier alpha value is -2.40. The number of aromatic nitrogens is 1. The number of rotatable bonds is 5. The summed E-state index contributed by atoms with van der Waals surface area (Å²) in [6.07, 6.45) is 1.54. The van der Waals surface area contributed by atoms with Crippen molar-refractivity contribution in [2.75, 3.05) is 0 Å². The predicted octanol–water partition coefficient (Wildman–Crippen LogP) is 1.85. The molecule has 2 N–H and O–H groups in total. The van der Waals surface area contributed by atoms with E-state index >= 15 is 0 Å². The fourth-order valence-electron chi connectivity index (χ4n) is 1.50. The quantitative estimate of drug-likeness (QED) is 0.856. The average Bonchev–Trinajstić information content (AvgIpc) is 2.46. The molecule has 0 fully saturated rings. The van der Waals surface area contributed by atoms with Crippen molar-refractivity contribution in [1.82, 2.24) is 4.98 Å². The van der Waals surface area contributed by atoms with Crippen LogP contribution in [-0.4, -0.2) is 21.2 Å². The highest BCUT2D eigenvalue weighted by atomic mass is 16.5. The van der Waals surface area contributed by atoms with E-state index in [-0.39, 0.29) is 12.2 Å². The second kappa shape index (κ2) is 5.97. The summed E-state index contributed by atoms with van der Waals surface area (Å²) in [7, 11) is 0. The molecule has 0 aliphatic rings. The van der Waals surface area contributed by atoms with Gasteiger partial charge >= 0.3 is 5.97 Å². The van der Waals surface area contributed by atoms with Gasteiger partial charge < -0.3 is 14.9 Å². The monoisotopic (exact) mass is 259 g/mol. The van der Waals surface area contributed by atoms with Crippen molar-refractivity contribution in [2.45, 2.75) is 13.2 Å². The molecule has 5 nitrogen and oxygen atoms in total. The highest BCUT2D eigenvalue weighted by Crippen LogP contribution is 2.12. The molecule has 0 spiro atoms. The lowest BCUT2D eigenvalue weighted by molar-refractivity contribution is 0.0697. The van der Waals surface area contributed by atoms with E-state index < -0.39 is 5.97 Å². The minimum atomic E-state index is -0.948.